The van der Waals surface area contributed by atoms with Gasteiger partial charge in [-0.2, -0.15) is 0 Å². The smallest absolute Gasteiger partial charge is 0.222 e. The Morgan fingerprint density at radius 1 is 1.35 bits per heavy atom. The van der Waals surface area contributed by atoms with Gasteiger partial charge in [0.2, 0.25) is 5.91 Å². The van der Waals surface area contributed by atoms with E-state index in [-0.39, 0.29) is 11.9 Å². The van der Waals surface area contributed by atoms with Crippen LogP contribution in [0.25, 0.3) is 0 Å². The lowest BCUT2D eigenvalue weighted by Gasteiger charge is -2.17. The first kappa shape index (κ1) is 12.5. The van der Waals surface area contributed by atoms with Crippen LogP contribution in [-0.4, -0.2) is 18.5 Å². The Labute approximate surface area is 110 Å². The molecular weight excluding hydrogens is 259 g/mol. The number of hydrogen-bond donors (Lipinski definition) is 2. The Morgan fingerprint density at radius 3 is 3.00 bits per heavy atom. The second kappa shape index (κ2) is 5.61. The van der Waals surface area contributed by atoms with Crippen molar-refractivity contribution in [3.8, 4) is 0 Å². The maximum atomic E-state index is 11.4. The van der Waals surface area contributed by atoms with Gasteiger partial charge in [0.15, 0.2) is 0 Å². The molecule has 0 saturated carbocycles. The van der Waals surface area contributed by atoms with Gasteiger partial charge in [0, 0.05) is 19.0 Å². The molecule has 1 atom stereocenters. The van der Waals surface area contributed by atoms with Crippen LogP contribution < -0.4 is 10.6 Å². The van der Waals surface area contributed by atoms with E-state index in [2.05, 4.69) is 10.6 Å². The molecule has 0 aromatic heterocycles. The van der Waals surface area contributed by atoms with Crippen LogP contribution in [0.2, 0.25) is 10.0 Å². The molecule has 1 aliphatic heterocycles. The van der Waals surface area contributed by atoms with Gasteiger partial charge in [0.05, 0.1) is 15.7 Å². The Kier molecular flexibility index (Phi) is 4.13. The van der Waals surface area contributed by atoms with Crippen molar-refractivity contribution in [3.63, 3.8) is 0 Å². The van der Waals surface area contributed by atoms with Gasteiger partial charge in [-0.1, -0.05) is 29.3 Å². The fourth-order valence-electron chi connectivity index (χ4n) is 1.93. The fourth-order valence-corrected chi connectivity index (χ4v) is 2.29. The van der Waals surface area contributed by atoms with Crippen LogP contribution >= 0.6 is 23.2 Å². The molecule has 1 aromatic rings. The van der Waals surface area contributed by atoms with Gasteiger partial charge in [0.1, 0.15) is 0 Å². The zero-order chi connectivity index (χ0) is 12.3. The fraction of sp³-hybridized carbons (Fsp3) is 0.417. The van der Waals surface area contributed by atoms with Crippen LogP contribution in [0.3, 0.4) is 0 Å². The van der Waals surface area contributed by atoms with Crippen LogP contribution in [0.4, 0.5) is 5.69 Å². The van der Waals surface area contributed by atoms with Crippen molar-refractivity contribution >= 4 is 34.8 Å². The van der Waals surface area contributed by atoms with E-state index in [0.29, 0.717) is 16.5 Å². The molecule has 1 unspecified atom stereocenters. The summed E-state index contributed by atoms with van der Waals surface area (Å²) in [4.78, 5) is 11.4. The van der Waals surface area contributed by atoms with Crippen LogP contribution in [0, 0.1) is 0 Å². The SMILES string of the molecule is O=C1CC(Nc2cccc(Cl)c2Cl)CCCN1. The minimum absolute atomic E-state index is 0.0816. The lowest BCUT2D eigenvalue weighted by molar-refractivity contribution is -0.120. The summed E-state index contributed by atoms with van der Waals surface area (Å²) in [5.74, 6) is 0.0816. The van der Waals surface area contributed by atoms with Crippen molar-refractivity contribution in [3.05, 3.63) is 28.2 Å². The van der Waals surface area contributed by atoms with Gasteiger partial charge in [-0.3, -0.25) is 4.79 Å². The number of halogens is 2. The highest BCUT2D eigenvalue weighted by molar-refractivity contribution is 6.43. The Bertz CT molecular complexity index is 423. The van der Waals surface area contributed by atoms with Crippen molar-refractivity contribution in [2.24, 2.45) is 0 Å². The highest BCUT2D eigenvalue weighted by Crippen LogP contribution is 2.30. The Hall–Kier alpha value is -0.930. The van der Waals surface area contributed by atoms with Crippen LogP contribution in [0.15, 0.2) is 18.2 Å². The van der Waals surface area contributed by atoms with E-state index in [4.69, 9.17) is 23.2 Å². The average molecular weight is 273 g/mol. The predicted molar refractivity (Wildman–Crippen MR) is 70.7 cm³/mol. The number of anilines is 1. The zero-order valence-corrected chi connectivity index (χ0v) is 10.8. The molecule has 1 aromatic carbocycles. The van der Waals surface area contributed by atoms with Gasteiger partial charge in [-0.25, -0.2) is 0 Å². The molecule has 0 aliphatic carbocycles. The summed E-state index contributed by atoms with van der Waals surface area (Å²) in [6, 6.07) is 5.58. The molecule has 0 spiro atoms. The first-order chi connectivity index (χ1) is 8.16. The van der Waals surface area contributed by atoms with E-state index in [1.807, 2.05) is 12.1 Å². The number of carbonyl (C=O) groups excluding carboxylic acids is 1. The number of amides is 1. The topological polar surface area (TPSA) is 41.1 Å². The number of benzene rings is 1. The third kappa shape index (κ3) is 3.27. The molecule has 3 nitrogen and oxygen atoms in total. The first-order valence-electron chi connectivity index (χ1n) is 5.64. The summed E-state index contributed by atoms with van der Waals surface area (Å²) < 4.78 is 0. The molecule has 17 heavy (non-hydrogen) atoms. The zero-order valence-electron chi connectivity index (χ0n) is 9.30. The number of hydrogen-bond acceptors (Lipinski definition) is 2. The molecule has 92 valence electrons. The van der Waals surface area contributed by atoms with Crippen molar-refractivity contribution in [1.29, 1.82) is 0 Å². The van der Waals surface area contributed by atoms with Gasteiger partial charge >= 0.3 is 0 Å². The summed E-state index contributed by atoms with van der Waals surface area (Å²) >= 11 is 12.0. The van der Waals surface area contributed by atoms with Crippen LogP contribution in [0.1, 0.15) is 19.3 Å². The normalized spacial score (nSPS) is 20.6. The molecule has 5 heteroatoms. The number of carbonyl (C=O) groups is 1. The van der Waals surface area contributed by atoms with Gasteiger partial charge in [-0.15, -0.1) is 0 Å². The molecule has 2 N–H and O–H groups in total. The van der Waals surface area contributed by atoms with Crippen molar-refractivity contribution in [1.82, 2.24) is 5.32 Å². The standard InChI is InChI=1S/C12H14Cl2N2O/c13-9-4-1-5-10(12(9)14)16-8-3-2-6-15-11(17)7-8/h1,4-5,8,16H,2-3,6-7H2,(H,15,17). The summed E-state index contributed by atoms with van der Waals surface area (Å²) in [5, 5.41) is 7.17. The quantitative estimate of drug-likeness (QED) is 0.869. The van der Waals surface area contributed by atoms with E-state index in [1.54, 1.807) is 6.07 Å². The van der Waals surface area contributed by atoms with Crippen molar-refractivity contribution in [2.45, 2.75) is 25.3 Å². The van der Waals surface area contributed by atoms with E-state index in [0.717, 1.165) is 25.1 Å². The monoisotopic (exact) mass is 272 g/mol. The highest BCUT2D eigenvalue weighted by Gasteiger charge is 2.18. The summed E-state index contributed by atoms with van der Waals surface area (Å²) in [6.45, 7) is 0.750. The maximum absolute atomic E-state index is 11.4. The minimum atomic E-state index is 0.0816. The second-order valence-corrected chi connectivity index (χ2v) is 4.92. The molecule has 1 saturated heterocycles. The Morgan fingerprint density at radius 2 is 2.18 bits per heavy atom. The third-order valence-electron chi connectivity index (χ3n) is 2.79. The van der Waals surface area contributed by atoms with E-state index in [1.165, 1.54) is 0 Å². The molecule has 1 fully saturated rings. The molecular formula is C12H14Cl2N2O. The maximum Gasteiger partial charge on any atom is 0.222 e. The summed E-state index contributed by atoms with van der Waals surface area (Å²) in [7, 11) is 0. The van der Waals surface area contributed by atoms with Crippen LogP contribution in [-0.2, 0) is 4.79 Å². The third-order valence-corrected chi connectivity index (χ3v) is 3.61. The first-order valence-corrected chi connectivity index (χ1v) is 6.39. The summed E-state index contributed by atoms with van der Waals surface area (Å²) in [5.41, 5.74) is 0.791. The molecule has 1 heterocycles. The summed E-state index contributed by atoms with van der Waals surface area (Å²) in [6.07, 6.45) is 2.39. The Balaban J connectivity index is 2.09. The minimum Gasteiger partial charge on any atom is -0.381 e. The lowest BCUT2D eigenvalue weighted by atomic mass is 10.1. The molecule has 0 radical (unpaired) electrons. The van der Waals surface area contributed by atoms with Crippen LogP contribution in [0.5, 0.6) is 0 Å². The largest absolute Gasteiger partial charge is 0.381 e. The average Bonchev–Trinajstić information content (AvgIpc) is 2.49. The lowest BCUT2D eigenvalue weighted by Crippen LogP contribution is -2.26. The predicted octanol–water partition coefficient (Wildman–Crippen LogP) is 3.07. The molecule has 1 aliphatic rings. The van der Waals surface area contributed by atoms with Gasteiger partial charge < -0.3 is 10.6 Å². The second-order valence-electron chi connectivity index (χ2n) is 4.14. The van der Waals surface area contributed by atoms with Crippen molar-refractivity contribution < 1.29 is 4.79 Å². The van der Waals surface area contributed by atoms with Crippen molar-refractivity contribution in [2.75, 3.05) is 11.9 Å². The molecule has 2 rings (SSSR count). The van der Waals surface area contributed by atoms with Gasteiger partial charge in [-0.05, 0) is 25.0 Å². The molecule has 1 amide bonds. The molecule has 0 bridgehead atoms. The number of nitrogens with one attached hydrogen (secondary N) is 2. The highest BCUT2D eigenvalue weighted by atomic mass is 35.5. The van der Waals surface area contributed by atoms with E-state index >= 15 is 0 Å². The van der Waals surface area contributed by atoms with E-state index in [9.17, 15) is 4.79 Å². The number of rotatable bonds is 2. The van der Waals surface area contributed by atoms with E-state index < -0.39 is 0 Å². The van der Waals surface area contributed by atoms with Gasteiger partial charge in [0.25, 0.3) is 0 Å².